The molecule has 0 spiro atoms. The van der Waals surface area contributed by atoms with E-state index in [2.05, 4.69) is 6.58 Å². The molecule has 0 aliphatic heterocycles. The van der Waals surface area contributed by atoms with Crippen LogP contribution in [0, 0.1) is 15.9 Å². The second-order valence-electron chi connectivity index (χ2n) is 3.25. The molecule has 1 atom stereocenters. The first-order valence-electron chi connectivity index (χ1n) is 4.50. The number of rotatable bonds is 4. The van der Waals surface area contributed by atoms with Crippen molar-refractivity contribution in [3.05, 3.63) is 46.3 Å². The highest BCUT2D eigenvalue weighted by Gasteiger charge is 2.19. The molecule has 0 saturated heterocycles. The Morgan fingerprint density at radius 3 is 2.71 bits per heavy atom. The summed E-state index contributed by atoms with van der Waals surface area (Å²) >= 11 is 0. The van der Waals surface area contributed by atoms with Gasteiger partial charge in [0.25, 0.3) is 5.69 Å². The molecule has 17 heavy (non-hydrogen) atoms. The molecule has 1 rings (SSSR count). The van der Waals surface area contributed by atoms with E-state index in [-0.39, 0.29) is 24.4 Å². The third-order valence-electron chi connectivity index (χ3n) is 2.11. The van der Waals surface area contributed by atoms with Crippen LogP contribution < -0.4 is 5.73 Å². The van der Waals surface area contributed by atoms with Gasteiger partial charge in [0.15, 0.2) is 11.6 Å². The van der Waals surface area contributed by atoms with Gasteiger partial charge in [-0.15, -0.1) is 19.0 Å². The van der Waals surface area contributed by atoms with Crippen LogP contribution in [0.4, 0.5) is 10.1 Å². The summed E-state index contributed by atoms with van der Waals surface area (Å²) in [7, 11) is 0. The lowest BCUT2D eigenvalue weighted by Crippen LogP contribution is -2.10. The summed E-state index contributed by atoms with van der Waals surface area (Å²) < 4.78 is 13.2. The second-order valence-corrected chi connectivity index (χ2v) is 3.25. The fraction of sp³-hybridized carbons (Fsp3) is 0.200. The topological polar surface area (TPSA) is 89.4 Å². The van der Waals surface area contributed by atoms with Crippen molar-refractivity contribution in [2.45, 2.75) is 12.5 Å². The zero-order chi connectivity index (χ0) is 12.3. The van der Waals surface area contributed by atoms with Crippen LogP contribution in [0.15, 0.2) is 24.8 Å². The Morgan fingerprint density at radius 2 is 2.24 bits per heavy atom. The molecule has 0 fully saturated rings. The molecule has 1 aromatic rings. The second kappa shape index (κ2) is 6.17. The van der Waals surface area contributed by atoms with Crippen molar-refractivity contribution >= 4 is 18.1 Å². The standard InChI is InChI=1S/C10H11FN2O3.ClH/c1-2-3-9(12)7-4-6(13(15)16)5-8(11)10(7)14;/h2,4-5,9,14H,1,3,12H2;1H/t9-;/m0./s1. The van der Waals surface area contributed by atoms with Crippen LogP contribution in [0.1, 0.15) is 18.0 Å². The number of hydrogen-bond acceptors (Lipinski definition) is 4. The van der Waals surface area contributed by atoms with E-state index in [4.69, 9.17) is 5.73 Å². The molecule has 0 radical (unpaired) electrons. The molecule has 0 heterocycles. The Kier molecular flexibility index (Phi) is 5.57. The number of benzene rings is 1. The van der Waals surface area contributed by atoms with E-state index in [1.165, 1.54) is 6.08 Å². The van der Waals surface area contributed by atoms with Gasteiger partial charge in [-0.25, -0.2) is 4.39 Å². The van der Waals surface area contributed by atoms with Gasteiger partial charge >= 0.3 is 0 Å². The fourth-order valence-corrected chi connectivity index (χ4v) is 1.30. The quantitative estimate of drug-likeness (QED) is 0.495. The Bertz CT molecular complexity index is 440. The molecule has 94 valence electrons. The van der Waals surface area contributed by atoms with Gasteiger partial charge in [-0.1, -0.05) is 6.08 Å². The first-order chi connectivity index (χ1) is 7.47. The van der Waals surface area contributed by atoms with E-state index in [1.54, 1.807) is 0 Å². The van der Waals surface area contributed by atoms with Crippen molar-refractivity contribution in [1.29, 1.82) is 0 Å². The lowest BCUT2D eigenvalue weighted by Gasteiger charge is -2.11. The predicted molar refractivity (Wildman–Crippen MR) is 63.7 cm³/mol. The maximum atomic E-state index is 13.2. The van der Waals surface area contributed by atoms with Crippen molar-refractivity contribution in [2.75, 3.05) is 0 Å². The molecule has 0 unspecified atom stereocenters. The number of hydrogen-bond donors (Lipinski definition) is 2. The smallest absolute Gasteiger partial charge is 0.272 e. The fourth-order valence-electron chi connectivity index (χ4n) is 1.30. The minimum Gasteiger partial charge on any atom is -0.505 e. The van der Waals surface area contributed by atoms with E-state index in [0.29, 0.717) is 6.07 Å². The first kappa shape index (κ1) is 15.3. The summed E-state index contributed by atoms with van der Waals surface area (Å²) in [5.41, 5.74) is 5.19. The largest absolute Gasteiger partial charge is 0.505 e. The van der Waals surface area contributed by atoms with Crippen LogP contribution in [-0.4, -0.2) is 10.0 Å². The molecule has 5 nitrogen and oxygen atoms in total. The number of phenolic OH excluding ortho intramolecular Hbond substituents is 1. The maximum Gasteiger partial charge on any atom is 0.272 e. The van der Waals surface area contributed by atoms with Gasteiger partial charge in [0.2, 0.25) is 0 Å². The van der Waals surface area contributed by atoms with E-state index in [0.717, 1.165) is 6.07 Å². The van der Waals surface area contributed by atoms with Gasteiger partial charge in [0.1, 0.15) is 0 Å². The number of aromatic hydroxyl groups is 1. The summed E-state index contributed by atoms with van der Waals surface area (Å²) in [4.78, 5) is 9.75. The zero-order valence-electron chi connectivity index (χ0n) is 8.80. The molecule has 0 aliphatic rings. The van der Waals surface area contributed by atoms with Gasteiger partial charge in [0, 0.05) is 17.7 Å². The summed E-state index contributed by atoms with van der Waals surface area (Å²) in [6.45, 7) is 3.45. The van der Waals surface area contributed by atoms with Gasteiger partial charge in [-0.2, -0.15) is 0 Å². The number of nitro benzene ring substituents is 1. The number of nitrogens with zero attached hydrogens (tertiary/aromatic N) is 1. The normalized spacial score (nSPS) is 11.4. The Labute approximate surface area is 103 Å². The number of phenols is 1. The van der Waals surface area contributed by atoms with Crippen LogP contribution in [0.3, 0.4) is 0 Å². The SMILES string of the molecule is C=CC[C@H](N)c1cc([N+](=O)[O-])cc(F)c1O.Cl. The van der Waals surface area contributed by atoms with Crippen LogP contribution in [-0.2, 0) is 0 Å². The summed E-state index contributed by atoms with van der Waals surface area (Å²) in [6, 6.07) is 0.998. The molecule has 7 heteroatoms. The number of nitro groups is 1. The van der Waals surface area contributed by atoms with Gasteiger partial charge in [0.05, 0.1) is 11.0 Å². The molecular weight excluding hydrogens is 251 g/mol. The van der Waals surface area contributed by atoms with Gasteiger partial charge in [-0.05, 0) is 6.42 Å². The van der Waals surface area contributed by atoms with Crippen molar-refractivity contribution in [3.8, 4) is 5.75 Å². The minimum atomic E-state index is -1.05. The average molecular weight is 263 g/mol. The average Bonchev–Trinajstić information content (AvgIpc) is 2.21. The van der Waals surface area contributed by atoms with Crippen LogP contribution in [0.25, 0.3) is 0 Å². The summed E-state index contributed by atoms with van der Waals surface area (Å²) in [6.07, 6.45) is 1.77. The van der Waals surface area contributed by atoms with Crippen molar-refractivity contribution in [3.63, 3.8) is 0 Å². The van der Waals surface area contributed by atoms with Gasteiger partial charge < -0.3 is 10.8 Å². The maximum absolute atomic E-state index is 13.2. The molecule has 0 aliphatic carbocycles. The highest BCUT2D eigenvalue weighted by atomic mass is 35.5. The minimum absolute atomic E-state index is 0. The zero-order valence-corrected chi connectivity index (χ0v) is 9.61. The lowest BCUT2D eigenvalue weighted by atomic mass is 10.0. The van der Waals surface area contributed by atoms with E-state index in [9.17, 15) is 19.6 Å². The van der Waals surface area contributed by atoms with Crippen LogP contribution >= 0.6 is 12.4 Å². The van der Waals surface area contributed by atoms with E-state index in [1.807, 2.05) is 0 Å². The monoisotopic (exact) mass is 262 g/mol. The number of nitrogens with two attached hydrogens (primary N) is 1. The van der Waals surface area contributed by atoms with Crippen LogP contribution in [0.2, 0.25) is 0 Å². The third-order valence-corrected chi connectivity index (χ3v) is 2.11. The summed E-state index contributed by atoms with van der Waals surface area (Å²) in [5, 5.41) is 19.9. The Morgan fingerprint density at radius 1 is 1.65 bits per heavy atom. The number of non-ortho nitro benzene ring substituents is 1. The van der Waals surface area contributed by atoms with Crippen molar-refractivity contribution in [2.24, 2.45) is 5.73 Å². The third kappa shape index (κ3) is 3.40. The Hall–Kier alpha value is -1.66. The first-order valence-corrected chi connectivity index (χ1v) is 4.50. The molecular formula is C10H12ClFN2O3. The molecule has 0 saturated carbocycles. The summed E-state index contributed by atoms with van der Waals surface area (Å²) in [5.74, 6) is -1.70. The van der Waals surface area contributed by atoms with E-state index >= 15 is 0 Å². The Balaban J connectivity index is 0.00000256. The molecule has 3 N–H and O–H groups in total. The molecule has 0 amide bonds. The lowest BCUT2D eigenvalue weighted by molar-refractivity contribution is -0.385. The predicted octanol–water partition coefficient (Wildman–Crippen LogP) is 2.44. The number of halogens is 2. The highest BCUT2D eigenvalue weighted by molar-refractivity contribution is 5.85. The van der Waals surface area contributed by atoms with Crippen molar-refractivity contribution in [1.82, 2.24) is 0 Å². The van der Waals surface area contributed by atoms with Gasteiger partial charge in [-0.3, -0.25) is 10.1 Å². The molecule has 0 bridgehead atoms. The molecule has 0 aromatic heterocycles. The van der Waals surface area contributed by atoms with Crippen LogP contribution in [0.5, 0.6) is 5.75 Å². The molecule has 1 aromatic carbocycles. The van der Waals surface area contributed by atoms with E-state index < -0.39 is 28.2 Å². The highest BCUT2D eigenvalue weighted by Crippen LogP contribution is 2.31. The van der Waals surface area contributed by atoms with Crippen molar-refractivity contribution < 1.29 is 14.4 Å².